The Morgan fingerprint density at radius 2 is 1.93 bits per heavy atom. The molecule has 1 aliphatic heterocycles. The molecule has 5 rings (SSSR count). The normalized spacial score (nSPS) is 16.5. The Kier molecular flexibility index (Phi) is 7.90. The summed E-state index contributed by atoms with van der Waals surface area (Å²) in [6.45, 7) is 1.89. The second kappa shape index (κ2) is 11.7. The third kappa shape index (κ3) is 5.45. The minimum Gasteiger partial charge on any atom is -0.465 e. The summed E-state index contributed by atoms with van der Waals surface area (Å²) in [5.74, 6) is 0.615. The molecule has 1 amide bonds. The molecule has 1 saturated heterocycles. The van der Waals surface area contributed by atoms with E-state index in [-0.39, 0.29) is 24.6 Å². The van der Waals surface area contributed by atoms with Crippen LogP contribution in [0.4, 0.5) is 11.4 Å². The van der Waals surface area contributed by atoms with Crippen LogP contribution in [0.2, 0.25) is 0 Å². The molecule has 0 radical (unpaired) electrons. The minimum absolute atomic E-state index is 0.0293. The number of ether oxygens (including phenoxy) is 2. The Balaban J connectivity index is 1.53. The number of esters is 1. The van der Waals surface area contributed by atoms with Gasteiger partial charge in [0.05, 0.1) is 24.4 Å². The summed E-state index contributed by atoms with van der Waals surface area (Å²) in [5, 5.41) is 6.80. The van der Waals surface area contributed by atoms with Crippen molar-refractivity contribution in [1.82, 2.24) is 10.3 Å². The first kappa shape index (κ1) is 27.0. The van der Waals surface area contributed by atoms with Crippen LogP contribution < -0.4 is 15.5 Å². The van der Waals surface area contributed by atoms with E-state index in [9.17, 15) is 9.59 Å². The van der Waals surface area contributed by atoms with Crippen molar-refractivity contribution in [3.05, 3.63) is 102 Å². The Hall–Kier alpha value is -4.54. The summed E-state index contributed by atoms with van der Waals surface area (Å²) in [6, 6.07) is 21.7. The number of hydrogen-bond donors (Lipinski definition) is 2. The number of pyridine rings is 1. The predicted molar refractivity (Wildman–Crippen MR) is 155 cm³/mol. The number of rotatable bonds is 8. The first-order valence-corrected chi connectivity index (χ1v) is 13.0. The molecule has 1 aliphatic rings. The third-order valence-corrected chi connectivity index (χ3v) is 6.94. The Bertz CT molecular complexity index is 1550. The van der Waals surface area contributed by atoms with Crippen LogP contribution in [0.1, 0.15) is 39.5 Å². The maximum atomic E-state index is 12.1. The smallest absolute Gasteiger partial charge is 0.337 e. The largest absolute Gasteiger partial charge is 0.465 e. The molecule has 2 atom stereocenters. The first-order chi connectivity index (χ1) is 19.4. The number of benzene rings is 2. The highest BCUT2D eigenvalue weighted by atomic mass is 32.1. The number of carbonyl (C=O) groups excluding carboxylic acids is 2. The molecular weight excluding hydrogens is 528 g/mol. The fraction of sp³-hybridized carbons (Fsp3) is 0.200. The van der Waals surface area contributed by atoms with Crippen molar-refractivity contribution in [3.8, 4) is 11.3 Å². The van der Waals surface area contributed by atoms with Crippen molar-refractivity contribution in [1.29, 1.82) is 0 Å². The quantitative estimate of drug-likeness (QED) is 0.224. The molecule has 1 fully saturated rings. The lowest BCUT2D eigenvalue weighted by molar-refractivity contribution is -0.119. The van der Waals surface area contributed by atoms with Crippen LogP contribution >= 0.6 is 12.2 Å². The Morgan fingerprint density at radius 3 is 2.65 bits per heavy atom. The predicted octanol–water partition coefficient (Wildman–Crippen LogP) is 5.20. The van der Waals surface area contributed by atoms with Gasteiger partial charge in [0, 0.05) is 30.2 Å². The monoisotopic (exact) mass is 556 g/mol. The number of hydrogen-bond acceptors (Lipinski definition) is 7. The average molecular weight is 557 g/mol. The molecule has 0 bridgehead atoms. The summed E-state index contributed by atoms with van der Waals surface area (Å²) >= 11 is 5.82. The van der Waals surface area contributed by atoms with Crippen LogP contribution in [0.15, 0.2) is 83.4 Å². The molecule has 10 heteroatoms. The van der Waals surface area contributed by atoms with Gasteiger partial charge in [0.25, 0.3) is 0 Å². The molecule has 3 heterocycles. The summed E-state index contributed by atoms with van der Waals surface area (Å²) < 4.78 is 16.2. The van der Waals surface area contributed by atoms with E-state index in [1.165, 1.54) is 14.2 Å². The number of furan rings is 1. The summed E-state index contributed by atoms with van der Waals surface area (Å²) in [7, 11) is 2.83. The van der Waals surface area contributed by atoms with Crippen LogP contribution in [0.3, 0.4) is 0 Å². The fourth-order valence-electron chi connectivity index (χ4n) is 4.76. The maximum absolute atomic E-state index is 12.1. The number of aromatic nitrogens is 1. The topological polar surface area (TPSA) is 106 Å². The summed E-state index contributed by atoms with van der Waals surface area (Å²) in [6.07, 6.45) is 1.74. The molecule has 2 aromatic carbocycles. The van der Waals surface area contributed by atoms with Crippen LogP contribution in [0.25, 0.3) is 11.3 Å². The standard InChI is InChI=1S/C30H28N4O5S/c1-18-15-21(10-11-22(18)32-26(35)17-37-2)34-28(27(33-30(34)40)23-9-4-5-14-31-23)25-13-12-24(39-25)19-7-6-8-20(16-19)29(36)38-3/h4-16,27-28H,17H2,1-3H3,(H,32,35)(H,33,40)/t27-,28+/m0/s1. The zero-order valence-corrected chi connectivity index (χ0v) is 23.0. The number of nitrogens with zero attached hydrogens (tertiary/aromatic N) is 2. The molecule has 4 aromatic rings. The number of amides is 1. The molecule has 0 saturated carbocycles. The molecule has 0 spiro atoms. The van der Waals surface area contributed by atoms with Crippen molar-refractivity contribution in [2.24, 2.45) is 0 Å². The van der Waals surface area contributed by atoms with Gasteiger partial charge in [0.1, 0.15) is 24.2 Å². The van der Waals surface area contributed by atoms with E-state index in [1.807, 2.05) is 66.4 Å². The molecular formula is C30H28N4O5S. The molecule has 2 aromatic heterocycles. The molecule has 40 heavy (non-hydrogen) atoms. The van der Waals surface area contributed by atoms with Gasteiger partial charge >= 0.3 is 5.97 Å². The number of anilines is 2. The van der Waals surface area contributed by atoms with Gasteiger partial charge in [-0.1, -0.05) is 18.2 Å². The highest BCUT2D eigenvalue weighted by molar-refractivity contribution is 7.80. The second-order valence-corrected chi connectivity index (χ2v) is 9.64. The lowest BCUT2D eigenvalue weighted by Gasteiger charge is -2.26. The van der Waals surface area contributed by atoms with Crippen molar-refractivity contribution >= 4 is 40.6 Å². The SMILES string of the molecule is COCC(=O)Nc1ccc(N2C(=S)N[C@@H](c3ccccn3)[C@H]2c2ccc(-c3cccc(C(=O)OC)c3)o2)cc1C. The Labute approximate surface area is 237 Å². The van der Waals surface area contributed by atoms with E-state index >= 15 is 0 Å². The number of nitrogens with one attached hydrogen (secondary N) is 2. The van der Waals surface area contributed by atoms with Gasteiger partial charge in [-0.3, -0.25) is 9.78 Å². The van der Waals surface area contributed by atoms with Gasteiger partial charge in [0.2, 0.25) is 5.91 Å². The zero-order valence-electron chi connectivity index (χ0n) is 22.2. The van der Waals surface area contributed by atoms with Gasteiger partial charge in [0.15, 0.2) is 5.11 Å². The fourth-order valence-corrected chi connectivity index (χ4v) is 5.11. The average Bonchev–Trinajstić information content (AvgIpc) is 3.59. The van der Waals surface area contributed by atoms with E-state index < -0.39 is 5.97 Å². The molecule has 2 N–H and O–H groups in total. The van der Waals surface area contributed by atoms with Crippen LogP contribution in [0, 0.1) is 6.92 Å². The Morgan fingerprint density at radius 1 is 1.07 bits per heavy atom. The number of aryl methyl sites for hydroxylation is 1. The van der Waals surface area contributed by atoms with Crippen molar-refractivity contribution < 1.29 is 23.5 Å². The number of methoxy groups -OCH3 is 2. The minimum atomic E-state index is -0.419. The lowest BCUT2D eigenvalue weighted by atomic mass is 10.0. The van der Waals surface area contributed by atoms with E-state index in [0.29, 0.717) is 27.9 Å². The van der Waals surface area contributed by atoms with Crippen LogP contribution in [0.5, 0.6) is 0 Å². The summed E-state index contributed by atoms with van der Waals surface area (Å²) in [5.41, 5.74) is 4.37. The lowest BCUT2D eigenvalue weighted by Crippen LogP contribution is -2.29. The molecule has 204 valence electrons. The van der Waals surface area contributed by atoms with Gasteiger partial charge in [-0.2, -0.15) is 0 Å². The molecule has 9 nitrogen and oxygen atoms in total. The molecule has 0 aliphatic carbocycles. The van der Waals surface area contributed by atoms with Crippen LogP contribution in [-0.2, 0) is 14.3 Å². The highest BCUT2D eigenvalue weighted by Crippen LogP contribution is 2.43. The van der Waals surface area contributed by atoms with Gasteiger partial charge < -0.3 is 29.4 Å². The highest BCUT2D eigenvalue weighted by Gasteiger charge is 2.42. The second-order valence-electron chi connectivity index (χ2n) is 9.25. The van der Waals surface area contributed by atoms with Crippen LogP contribution in [-0.4, -0.2) is 42.8 Å². The third-order valence-electron chi connectivity index (χ3n) is 6.62. The van der Waals surface area contributed by atoms with E-state index in [0.717, 1.165) is 22.5 Å². The van der Waals surface area contributed by atoms with Gasteiger partial charge in [-0.25, -0.2) is 4.79 Å². The van der Waals surface area contributed by atoms with Crippen molar-refractivity contribution in [3.63, 3.8) is 0 Å². The van der Waals surface area contributed by atoms with E-state index in [2.05, 4.69) is 15.6 Å². The molecule has 0 unspecified atom stereocenters. The van der Waals surface area contributed by atoms with E-state index in [1.54, 1.807) is 24.4 Å². The van der Waals surface area contributed by atoms with Crippen molar-refractivity contribution in [2.45, 2.75) is 19.0 Å². The van der Waals surface area contributed by atoms with Gasteiger partial charge in [-0.05, 0) is 79.3 Å². The van der Waals surface area contributed by atoms with E-state index in [4.69, 9.17) is 26.1 Å². The number of carbonyl (C=O) groups is 2. The summed E-state index contributed by atoms with van der Waals surface area (Å²) in [4.78, 5) is 30.7. The first-order valence-electron chi connectivity index (χ1n) is 12.6. The number of thiocarbonyl (C=S) groups is 1. The van der Waals surface area contributed by atoms with Gasteiger partial charge in [-0.15, -0.1) is 0 Å². The zero-order chi connectivity index (χ0) is 28.2. The van der Waals surface area contributed by atoms with Crippen molar-refractivity contribution in [2.75, 3.05) is 31.0 Å². The maximum Gasteiger partial charge on any atom is 0.337 e.